The predicted octanol–water partition coefficient (Wildman–Crippen LogP) is 13.8. The Kier molecular flexibility index (Phi) is 7.07. The molecule has 7 aromatic carbocycles. The van der Waals surface area contributed by atoms with E-state index >= 15 is 0 Å². The van der Waals surface area contributed by atoms with Crippen LogP contribution in [0.2, 0.25) is 0 Å². The standard InChI is InChI=1S/C47H43N/c1-29(2)32-13-19-40(20-14-32)48(41-18-8-30(3)31(4)22-41)42-21-15-36-26-44-45-27-37-23-34(33-11-16-39(17-12-33)47(5,6)7)9-10-35(37)25-43(45)46(44)28-38(36)24-42/h8-29H,1-7H3. The molecule has 236 valence electrons. The van der Waals surface area contributed by atoms with E-state index in [-0.39, 0.29) is 5.41 Å². The normalized spacial score (nSPS) is 12.2. The van der Waals surface area contributed by atoms with Crippen LogP contribution in [-0.4, -0.2) is 0 Å². The highest BCUT2D eigenvalue weighted by Gasteiger charge is 2.24. The van der Waals surface area contributed by atoms with E-state index in [9.17, 15) is 0 Å². The Balaban J connectivity index is 1.17. The van der Waals surface area contributed by atoms with Crippen LogP contribution in [0.15, 0.2) is 127 Å². The second-order valence-electron chi connectivity index (χ2n) is 15.1. The summed E-state index contributed by atoms with van der Waals surface area (Å²) < 4.78 is 0. The lowest BCUT2D eigenvalue weighted by Gasteiger charge is -2.28. The van der Waals surface area contributed by atoms with Gasteiger partial charge in [-0.05, 0) is 169 Å². The lowest BCUT2D eigenvalue weighted by atomic mass is 9.77. The number of anilines is 3. The number of hydrogen-bond donors (Lipinski definition) is 0. The molecule has 0 bridgehead atoms. The summed E-state index contributed by atoms with van der Waals surface area (Å²) in [4.78, 5) is 2.39. The molecule has 0 aromatic heterocycles. The van der Waals surface area contributed by atoms with Crippen molar-refractivity contribution in [3.8, 4) is 33.4 Å². The van der Waals surface area contributed by atoms with E-state index in [1.807, 2.05) is 0 Å². The van der Waals surface area contributed by atoms with Gasteiger partial charge in [0.05, 0.1) is 0 Å². The summed E-state index contributed by atoms with van der Waals surface area (Å²) in [5.41, 5.74) is 16.9. The van der Waals surface area contributed by atoms with Gasteiger partial charge in [-0.2, -0.15) is 0 Å². The van der Waals surface area contributed by atoms with Gasteiger partial charge in [0.2, 0.25) is 0 Å². The number of nitrogens with zero attached hydrogens (tertiary/aromatic N) is 1. The van der Waals surface area contributed by atoms with E-state index in [4.69, 9.17) is 0 Å². The summed E-state index contributed by atoms with van der Waals surface area (Å²) in [7, 11) is 0. The molecule has 0 amide bonds. The Labute approximate surface area is 285 Å². The summed E-state index contributed by atoms with van der Waals surface area (Å²) in [5, 5.41) is 5.11. The van der Waals surface area contributed by atoms with E-state index in [2.05, 4.69) is 181 Å². The quantitative estimate of drug-likeness (QED) is 0.185. The molecule has 8 rings (SSSR count). The molecule has 0 radical (unpaired) electrons. The number of fused-ring (bicyclic) bond motifs is 6. The van der Waals surface area contributed by atoms with Crippen molar-refractivity contribution in [3.63, 3.8) is 0 Å². The molecule has 1 aliphatic carbocycles. The number of rotatable bonds is 5. The fourth-order valence-corrected chi connectivity index (χ4v) is 7.21. The number of benzene rings is 7. The molecule has 0 spiro atoms. The zero-order chi connectivity index (χ0) is 33.3. The maximum atomic E-state index is 2.40. The molecule has 0 fully saturated rings. The van der Waals surface area contributed by atoms with Gasteiger partial charge in [-0.3, -0.25) is 0 Å². The third kappa shape index (κ3) is 5.19. The zero-order valence-corrected chi connectivity index (χ0v) is 29.1. The molecule has 1 aliphatic rings. The van der Waals surface area contributed by atoms with E-state index in [1.165, 1.54) is 94.2 Å². The van der Waals surface area contributed by atoms with Crippen molar-refractivity contribution in [1.82, 2.24) is 0 Å². The third-order valence-electron chi connectivity index (χ3n) is 10.4. The number of aryl methyl sites for hydroxylation is 2. The Hall–Kier alpha value is -5.14. The minimum atomic E-state index is 0.155. The first-order chi connectivity index (χ1) is 23.0. The van der Waals surface area contributed by atoms with Crippen LogP contribution >= 0.6 is 0 Å². The second-order valence-corrected chi connectivity index (χ2v) is 15.1. The predicted molar refractivity (Wildman–Crippen MR) is 208 cm³/mol. The van der Waals surface area contributed by atoms with Crippen LogP contribution in [0, 0.1) is 13.8 Å². The van der Waals surface area contributed by atoms with Crippen molar-refractivity contribution in [1.29, 1.82) is 0 Å². The van der Waals surface area contributed by atoms with Crippen molar-refractivity contribution < 1.29 is 0 Å². The largest absolute Gasteiger partial charge is 0.310 e. The zero-order valence-electron chi connectivity index (χ0n) is 29.1. The molecule has 48 heavy (non-hydrogen) atoms. The van der Waals surface area contributed by atoms with Gasteiger partial charge < -0.3 is 4.90 Å². The maximum absolute atomic E-state index is 2.40. The molecule has 0 N–H and O–H groups in total. The first-order valence-corrected chi connectivity index (χ1v) is 17.3. The van der Waals surface area contributed by atoms with Crippen LogP contribution in [0.3, 0.4) is 0 Å². The molecular formula is C47H43N. The molecule has 0 unspecified atom stereocenters. The molecule has 0 saturated carbocycles. The monoisotopic (exact) mass is 621 g/mol. The van der Waals surface area contributed by atoms with E-state index in [0.29, 0.717) is 5.92 Å². The van der Waals surface area contributed by atoms with E-state index in [0.717, 1.165) is 0 Å². The second kappa shape index (κ2) is 11.2. The Morgan fingerprint density at radius 1 is 0.438 bits per heavy atom. The van der Waals surface area contributed by atoms with Crippen molar-refractivity contribution in [3.05, 3.63) is 150 Å². The Morgan fingerprint density at radius 2 is 0.938 bits per heavy atom. The molecular weight excluding hydrogens is 579 g/mol. The summed E-state index contributed by atoms with van der Waals surface area (Å²) >= 11 is 0. The van der Waals surface area contributed by atoms with Gasteiger partial charge in [-0.15, -0.1) is 0 Å². The van der Waals surface area contributed by atoms with E-state index in [1.54, 1.807) is 0 Å². The van der Waals surface area contributed by atoms with E-state index < -0.39 is 0 Å². The Morgan fingerprint density at radius 3 is 1.52 bits per heavy atom. The molecule has 1 heteroatoms. The van der Waals surface area contributed by atoms with Gasteiger partial charge >= 0.3 is 0 Å². The molecule has 0 heterocycles. The van der Waals surface area contributed by atoms with Crippen LogP contribution in [0.1, 0.15) is 62.8 Å². The van der Waals surface area contributed by atoms with Crippen molar-refractivity contribution in [2.45, 2.75) is 59.8 Å². The van der Waals surface area contributed by atoms with Gasteiger partial charge in [0.15, 0.2) is 0 Å². The van der Waals surface area contributed by atoms with Crippen LogP contribution in [0.25, 0.3) is 54.9 Å². The molecule has 1 nitrogen and oxygen atoms in total. The minimum Gasteiger partial charge on any atom is -0.310 e. The number of hydrogen-bond acceptors (Lipinski definition) is 1. The lowest BCUT2D eigenvalue weighted by molar-refractivity contribution is 0.590. The van der Waals surface area contributed by atoms with Gasteiger partial charge in [-0.1, -0.05) is 95.3 Å². The average Bonchev–Trinajstić information content (AvgIpc) is 3.08. The summed E-state index contributed by atoms with van der Waals surface area (Å²) in [6, 6.07) is 48.3. The van der Waals surface area contributed by atoms with Crippen LogP contribution in [0.4, 0.5) is 17.1 Å². The summed E-state index contributed by atoms with van der Waals surface area (Å²) in [6.45, 7) is 15.7. The van der Waals surface area contributed by atoms with Crippen molar-refractivity contribution >= 4 is 38.6 Å². The van der Waals surface area contributed by atoms with Gasteiger partial charge in [0.25, 0.3) is 0 Å². The highest BCUT2D eigenvalue weighted by atomic mass is 15.1. The third-order valence-corrected chi connectivity index (χ3v) is 10.4. The molecule has 0 saturated heterocycles. The average molecular weight is 622 g/mol. The van der Waals surface area contributed by atoms with Gasteiger partial charge in [0, 0.05) is 17.1 Å². The fourth-order valence-electron chi connectivity index (χ4n) is 7.21. The first-order valence-electron chi connectivity index (χ1n) is 17.3. The van der Waals surface area contributed by atoms with Gasteiger partial charge in [0.1, 0.15) is 0 Å². The SMILES string of the molecule is Cc1ccc(N(c2ccc(C(C)C)cc2)c2ccc3cc4c(cc3c2)-c2cc3ccc(-c5ccc(C(C)(C)C)cc5)cc3cc2-4)cc1C. The van der Waals surface area contributed by atoms with Crippen LogP contribution in [-0.2, 0) is 5.41 Å². The van der Waals surface area contributed by atoms with Crippen LogP contribution in [0.5, 0.6) is 0 Å². The van der Waals surface area contributed by atoms with Crippen molar-refractivity contribution in [2.75, 3.05) is 4.90 Å². The fraction of sp³-hybridized carbons (Fsp3) is 0.191. The van der Waals surface area contributed by atoms with Gasteiger partial charge in [-0.25, -0.2) is 0 Å². The molecule has 0 atom stereocenters. The Bertz CT molecular complexity index is 2350. The lowest BCUT2D eigenvalue weighted by Crippen LogP contribution is -2.10. The molecule has 0 aliphatic heterocycles. The summed E-state index contributed by atoms with van der Waals surface area (Å²) in [5.74, 6) is 0.501. The summed E-state index contributed by atoms with van der Waals surface area (Å²) in [6.07, 6.45) is 0. The first kappa shape index (κ1) is 30.2. The maximum Gasteiger partial charge on any atom is 0.0468 e. The topological polar surface area (TPSA) is 3.24 Å². The van der Waals surface area contributed by atoms with Crippen molar-refractivity contribution in [2.24, 2.45) is 0 Å². The molecule has 7 aromatic rings. The highest BCUT2D eigenvalue weighted by molar-refractivity contribution is 6.12. The smallest absolute Gasteiger partial charge is 0.0468 e. The highest BCUT2D eigenvalue weighted by Crippen LogP contribution is 2.51. The minimum absolute atomic E-state index is 0.155. The van der Waals surface area contributed by atoms with Crippen LogP contribution < -0.4 is 4.90 Å².